The van der Waals surface area contributed by atoms with Crippen molar-refractivity contribution in [2.24, 2.45) is 0 Å². The molecule has 19 heavy (non-hydrogen) atoms. The Hall–Kier alpha value is -2.37. The lowest BCUT2D eigenvalue weighted by molar-refractivity contribution is -0.136. The molecule has 1 aromatic carbocycles. The molecule has 3 nitrogen and oxygen atoms in total. The van der Waals surface area contributed by atoms with Crippen molar-refractivity contribution in [1.82, 2.24) is 14.6 Å². The van der Waals surface area contributed by atoms with Gasteiger partial charge >= 0.3 is 6.18 Å². The molecule has 0 aliphatic carbocycles. The SMILES string of the molecule is FC(F)(F)c1cnn2ccc(-c3ccccc3)nc12. The summed E-state index contributed by atoms with van der Waals surface area (Å²) in [7, 11) is 0. The van der Waals surface area contributed by atoms with Crippen molar-refractivity contribution in [1.29, 1.82) is 0 Å². The van der Waals surface area contributed by atoms with Crippen LogP contribution in [0.5, 0.6) is 0 Å². The monoisotopic (exact) mass is 263 g/mol. The molecule has 0 aliphatic rings. The second-order valence-corrected chi connectivity index (χ2v) is 4.00. The number of aromatic nitrogens is 3. The summed E-state index contributed by atoms with van der Waals surface area (Å²) in [6.45, 7) is 0. The minimum Gasteiger partial charge on any atom is -0.228 e. The Kier molecular flexibility index (Phi) is 2.51. The highest BCUT2D eigenvalue weighted by Crippen LogP contribution is 2.32. The maximum Gasteiger partial charge on any atom is 0.421 e. The van der Waals surface area contributed by atoms with E-state index in [0.29, 0.717) is 5.69 Å². The van der Waals surface area contributed by atoms with Crippen LogP contribution >= 0.6 is 0 Å². The van der Waals surface area contributed by atoms with Gasteiger partial charge in [0.25, 0.3) is 0 Å². The van der Waals surface area contributed by atoms with E-state index in [2.05, 4.69) is 10.1 Å². The van der Waals surface area contributed by atoms with Crippen molar-refractivity contribution in [3.8, 4) is 11.3 Å². The number of fused-ring (bicyclic) bond motifs is 1. The van der Waals surface area contributed by atoms with Crippen molar-refractivity contribution < 1.29 is 13.2 Å². The van der Waals surface area contributed by atoms with E-state index in [-0.39, 0.29) is 5.65 Å². The minimum absolute atomic E-state index is 0.186. The van der Waals surface area contributed by atoms with Crippen LogP contribution in [0, 0.1) is 0 Å². The number of hydrogen-bond acceptors (Lipinski definition) is 2. The third kappa shape index (κ3) is 2.05. The summed E-state index contributed by atoms with van der Waals surface area (Å²) in [6, 6.07) is 10.7. The molecule has 2 aromatic heterocycles. The fourth-order valence-corrected chi connectivity index (χ4v) is 1.84. The van der Waals surface area contributed by atoms with Crippen molar-refractivity contribution in [2.45, 2.75) is 6.18 Å². The first kappa shape index (κ1) is 11.7. The second-order valence-electron chi connectivity index (χ2n) is 4.00. The molecule has 0 aliphatic heterocycles. The summed E-state index contributed by atoms with van der Waals surface area (Å²) in [5, 5.41) is 3.65. The van der Waals surface area contributed by atoms with Crippen LogP contribution in [-0.4, -0.2) is 14.6 Å². The van der Waals surface area contributed by atoms with E-state index in [1.165, 1.54) is 6.20 Å². The van der Waals surface area contributed by atoms with Gasteiger partial charge in [0.05, 0.1) is 11.9 Å². The zero-order valence-corrected chi connectivity index (χ0v) is 9.59. The average Bonchev–Trinajstić information content (AvgIpc) is 2.82. The predicted molar refractivity (Wildman–Crippen MR) is 63.4 cm³/mol. The molecule has 0 saturated carbocycles. The quantitative estimate of drug-likeness (QED) is 0.673. The van der Waals surface area contributed by atoms with Gasteiger partial charge in [0.15, 0.2) is 5.65 Å². The van der Waals surface area contributed by atoms with Crippen LogP contribution in [0.15, 0.2) is 48.8 Å². The molecule has 0 fully saturated rings. The Morgan fingerprint density at radius 3 is 2.42 bits per heavy atom. The molecule has 2 heterocycles. The van der Waals surface area contributed by atoms with Crippen LogP contribution in [0.3, 0.4) is 0 Å². The molecule has 0 spiro atoms. The molecule has 0 atom stereocenters. The average molecular weight is 263 g/mol. The lowest BCUT2D eigenvalue weighted by Gasteiger charge is -2.05. The van der Waals surface area contributed by atoms with Crippen molar-refractivity contribution in [3.05, 3.63) is 54.4 Å². The second kappa shape index (κ2) is 4.08. The first-order valence-corrected chi connectivity index (χ1v) is 5.53. The summed E-state index contributed by atoms with van der Waals surface area (Å²) in [6.07, 6.45) is -2.19. The van der Waals surface area contributed by atoms with E-state index in [4.69, 9.17) is 0 Å². The van der Waals surface area contributed by atoms with Crippen LogP contribution < -0.4 is 0 Å². The molecule has 3 rings (SSSR count). The van der Waals surface area contributed by atoms with E-state index in [1.54, 1.807) is 18.2 Å². The minimum atomic E-state index is -4.45. The van der Waals surface area contributed by atoms with Crippen molar-refractivity contribution >= 4 is 5.65 Å². The van der Waals surface area contributed by atoms with Crippen LogP contribution in [0.25, 0.3) is 16.9 Å². The van der Waals surface area contributed by atoms with E-state index in [1.807, 2.05) is 18.2 Å². The third-order valence-corrected chi connectivity index (χ3v) is 2.74. The Morgan fingerprint density at radius 2 is 1.74 bits per heavy atom. The summed E-state index contributed by atoms with van der Waals surface area (Å²) < 4.78 is 39.5. The first-order chi connectivity index (χ1) is 9.05. The topological polar surface area (TPSA) is 30.2 Å². The number of alkyl halides is 3. The van der Waals surface area contributed by atoms with Gasteiger partial charge in [0.2, 0.25) is 0 Å². The molecule has 96 valence electrons. The molecule has 0 N–H and O–H groups in total. The Balaban J connectivity index is 2.20. The van der Waals surface area contributed by atoms with Crippen LogP contribution in [0.1, 0.15) is 5.56 Å². The van der Waals surface area contributed by atoms with Gasteiger partial charge in [-0.15, -0.1) is 0 Å². The van der Waals surface area contributed by atoms with Gasteiger partial charge in [-0.1, -0.05) is 30.3 Å². The van der Waals surface area contributed by atoms with Gasteiger partial charge < -0.3 is 0 Å². The van der Waals surface area contributed by atoms with E-state index in [0.717, 1.165) is 16.3 Å². The summed E-state index contributed by atoms with van der Waals surface area (Å²) >= 11 is 0. The first-order valence-electron chi connectivity index (χ1n) is 5.53. The molecule has 0 radical (unpaired) electrons. The maximum absolute atomic E-state index is 12.8. The molecule has 0 bridgehead atoms. The zero-order chi connectivity index (χ0) is 13.5. The molecule has 0 unspecified atom stereocenters. The van der Waals surface area contributed by atoms with Gasteiger partial charge in [-0.05, 0) is 6.07 Å². The predicted octanol–water partition coefficient (Wildman–Crippen LogP) is 3.42. The van der Waals surface area contributed by atoms with Gasteiger partial charge in [0.1, 0.15) is 5.56 Å². The molecule has 0 amide bonds. The van der Waals surface area contributed by atoms with Gasteiger partial charge in [-0.25, -0.2) is 9.50 Å². The van der Waals surface area contributed by atoms with Crippen molar-refractivity contribution in [2.75, 3.05) is 0 Å². The summed E-state index contributed by atoms with van der Waals surface area (Å²) in [4.78, 5) is 4.05. The summed E-state index contributed by atoms with van der Waals surface area (Å²) in [5.74, 6) is 0. The van der Waals surface area contributed by atoms with Gasteiger partial charge in [0, 0.05) is 11.8 Å². The Bertz CT molecular complexity index is 717. The molecule has 3 aromatic rings. The smallest absolute Gasteiger partial charge is 0.228 e. The largest absolute Gasteiger partial charge is 0.421 e. The standard InChI is InChI=1S/C13H8F3N3/c14-13(15,16)10-8-17-19-7-6-11(18-12(10)19)9-4-2-1-3-5-9/h1-8H. The molecular formula is C13H8F3N3. The van der Waals surface area contributed by atoms with Crippen LogP contribution in [0.4, 0.5) is 13.2 Å². The Labute approximate surface area is 106 Å². The maximum atomic E-state index is 12.8. The lowest BCUT2D eigenvalue weighted by atomic mass is 10.1. The molecule has 6 heteroatoms. The van der Waals surface area contributed by atoms with Crippen LogP contribution in [0.2, 0.25) is 0 Å². The number of benzene rings is 1. The van der Waals surface area contributed by atoms with Crippen LogP contribution in [-0.2, 0) is 6.18 Å². The highest BCUT2D eigenvalue weighted by molar-refractivity contribution is 5.62. The van der Waals surface area contributed by atoms with E-state index < -0.39 is 11.7 Å². The zero-order valence-electron chi connectivity index (χ0n) is 9.59. The number of halogens is 3. The third-order valence-electron chi connectivity index (χ3n) is 2.74. The highest BCUT2D eigenvalue weighted by atomic mass is 19.4. The highest BCUT2D eigenvalue weighted by Gasteiger charge is 2.35. The van der Waals surface area contributed by atoms with Gasteiger partial charge in [-0.3, -0.25) is 0 Å². The van der Waals surface area contributed by atoms with E-state index >= 15 is 0 Å². The number of hydrogen-bond donors (Lipinski definition) is 0. The fourth-order valence-electron chi connectivity index (χ4n) is 1.84. The lowest BCUT2D eigenvalue weighted by Crippen LogP contribution is -2.05. The number of nitrogens with zero attached hydrogens (tertiary/aromatic N) is 3. The fraction of sp³-hybridized carbons (Fsp3) is 0.0769. The van der Waals surface area contributed by atoms with Crippen molar-refractivity contribution in [3.63, 3.8) is 0 Å². The summed E-state index contributed by atoms with van der Waals surface area (Å²) in [5.41, 5.74) is 0.234. The normalized spacial score (nSPS) is 11.9. The van der Waals surface area contributed by atoms with Gasteiger partial charge in [-0.2, -0.15) is 18.3 Å². The number of rotatable bonds is 1. The molecular weight excluding hydrogens is 255 g/mol. The Morgan fingerprint density at radius 1 is 1.00 bits per heavy atom. The molecule has 0 saturated heterocycles. The van der Waals surface area contributed by atoms with E-state index in [9.17, 15) is 13.2 Å².